The standard InChI is InChI=1S/C15H14N4S/c1-9-10-5-4-7-11(10)17-14(16-9)19-15-18-12-6-2-3-8-13(12)20-15/h2-3,6,8H,4-5,7H2,1H3,(H,16,17,18,19). The largest absolute Gasteiger partial charge is 0.300 e. The molecule has 4 rings (SSSR count). The summed E-state index contributed by atoms with van der Waals surface area (Å²) in [7, 11) is 0. The van der Waals surface area contributed by atoms with Crippen LogP contribution in [0.3, 0.4) is 0 Å². The van der Waals surface area contributed by atoms with Gasteiger partial charge >= 0.3 is 0 Å². The minimum atomic E-state index is 0.669. The number of aryl methyl sites for hydroxylation is 2. The normalized spacial score (nSPS) is 13.7. The number of nitrogens with zero attached hydrogens (tertiary/aromatic N) is 3. The van der Waals surface area contributed by atoms with Crippen LogP contribution in [0.15, 0.2) is 24.3 Å². The van der Waals surface area contributed by atoms with E-state index in [2.05, 4.69) is 33.3 Å². The zero-order valence-corrected chi connectivity index (χ0v) is 12.0. The summed E-state index contributed by atoms with van der Waals surface area (Å²) >= 11 is 1.63. The zero-order valence-electron chi connectivity index (χ0n) is 11.2. The number of nitrogens with one attached hydrogen (secondary N) is 1. The average Bonchev–Trinajstić information content (AvgIpc) is 3.04. The van der Waals surface area contributed by atoms with E-state index in [1.165, 1.54) is 22.4 Å². The highest BCUT2D eigenvalue weighted by atomic mass is 32.1. The summed E-state index contributed by atoms with van der Waals surface area (Å²) in [4.78, 5) is 13.7. The Morgan fingerprint density at radius 1 is 1.10 bits per heavy atom. The van der Waals surface area contributed by atoms with Gasteiger partial charge in [0.15, 0.2) is 5.13 Å². The first-order valence-electron chi connectivity index (χ1n) is 6.78. The maximum Gasteiger partial charge on any atom is 0.229 e. The molecule has 0 unspecified atom stereocenters. The molecule has 1 aromatic carbocycles. The molecule has 1 aliphatic rings. The van der Waals surface area contributed by atoms with Gasteiger partial charge in [0.05, 0.1) is 10.2 Å². The van der Waals surface area contributed by atoms with E-state index in [-0.39, 0.29) is 0 Å². The lowest BCUT2D eigenvalue weighted by molar-refractivity contribution is 0.899. The van der Waals surface area contributed by atoms with Crippen molar-refractivity contribution >= 4 is 32.6 Å². The fraction of sp³-hybridized carbons (Fsp3) is 0.267. The van der Waals surface area contributed by atoms with Gasteiger partial charge in [-0.3, -0.25) is 5.32 Å². The first-order valence-corrected chi connectivity index (χ1v) is 7.60. The highest BCUT2D eigenvalue weighted by Crippen LogP contribution is 2.28. The van der Waals surface area contributed by atoms with Gasteiger partial charge in [-0.15, -0.1) is 0 Å². The van der Waals surface area contributed by atoms with Crippen molar-refractivity contribution in [3.63, 3.8) is 0 Å². The van der Waals surface area contributed by atoms with E-state index in [0.717, 1.165) is 29.2 Å². The maximum absolute atomic E-state index is 4.62. The van der Waals surface area contributed by atoms with Crippen LogP contribution in [-0.4, -0.2) is 15.0 Å². The summed E-state index contributed by atoms with van der Waals surface area (Å²) in [5, 5.41) is 4.10. The number of hydrogen-bond donors (Lipinski definition) is 1. The minimum absolute atomic E-state index is 0.669. The summed E-state index contributed by atoms with van der Waals surface area (Å²) in [6, 6.07) is 8.13. The highest BCUT2D eigenvalue weighted by Gasteiger charge is 2.17. The monoisotopic (exact) mass is 282 g/mol. The molecular weight excluding hydrogens is 268 g/mol. The molecule has 1 N–H and O–H groups in total. The third-order valence-corrected chi connectivity index (χ3v) is 4.60. The molecule has 0 saturated heterocycles. The molecule has 4 nitrogen and oxygen atoms in total. The van der Waals surface area contributed by atoms with E-state index in [1.807, 2.05) is 18.2 Å². The molecule has 1 aliphatic carbocycles. The van der Waals surface area contributed by atoms with E-state index in [4.69, 9.17) is 0 Å². The first-order chi connectivity index (χ1) is 9.79. The van der Waals surface area contributed by atoms with Crippen molar-refractivity contribution in [2.75, 3.05) is 5.32 Å². The third-order valence-electron chi connectivity index (χ3n) is 3.65. The number of anilines is 2. The smallest absolute Gasteiger partial charge is 0.229 e. The van der Waals surface area contributed by atoms with E-state index < -0.39 is 0 Å². The van der Waals surface area contributed by atoms with Crippen molar-refractivity contribution in [2.45, 2.75) is 26.2 Å². The fourth-order valence-electron chi connectivity index (χ4n) is 2.70. The van der Waals surface area contributed by atoms with E-state index >= 15 is 0 Å². The SMILES string of the molecule is Cc1nc(Nc2nc3ccccc3s2)nc2c1CCC2. The van der Waals surface area contributed by atoms with Crippen molar-refractivity contribution in [1.29, 1.82) is 0 Å². The van der Waals surface area contributed by atoms with Gasteiger partial charge in [-0.25, -0.2) is 15.0 Å². The Hall–Kier alpha value is -2.01. The molecule has 20 heavy (non-hydrogen) atoms. The van der Waals surface area contributed by atoms with E-state index in [0.29, 0.717) is 5.95 Å². The molecule has 0 fully saturated rings. The minimum Gasteiger partial charge on any atom is -0.300 e. The van der Waals surface area contributed by atoms with Crippen LogP contribution >= 0.6 is 11.3 Å². The fourth-order valence-corrected chi connectivity index (χ4v) is 3.56. The van der Waals surface area contributed by atoms with Crippen LogP contribution in [0, 0.1) is 6.92 Å². The molecule has 0 radical (unpaired) electrons. The second-order valence-corrected chi connectivity index (χ2v) is 6.05. The van der Waals surface area contributed by atoms with Crippen LogP contribution in [0.25, 0.3) is 10.2 Å². The molecule has 3 aromatic rings. The van der Waals surface area contributed by atoms with Gasteiger partial charge < -0.3 is 0 Å². The van der Waals surface area contributed by atoms with Crippen molar-refractivity contribution in [3.8, 4) is 0 Å². The van der Waals surface area contributed by atoms with Gasteiger partial charge in [0, 0.05) is 11.4 Å². The van der Waals surface area contributed by atoms with Crippen molar-refractivity contribution in [3.05, 3.63) is 41.2 Å². The summed E-state index contributed by atoms with van der Waals surface area (Å²) in [5.41, 5.74) is 4.63. The van der Waals surface area contributed by atoms with Crippen LogP contribution in [0.5, 0.6) is 0 Å². The Kier molecular flexibility index (Phi) is 2.67. The molecule has 2 heterocycles. The lowest BCUT2D eigenvalue weighted by Gasteiger charge is -2.06. The number of thiazole rings is 1. The number of hydrogen-bond acceptors (Lipinski definition) is 5. The van der Waals surface area contributed by atoms with Crippen LogP contribution in [-0.2, 0) is 12.8 Å². The predicted molar refractivity (Wildman–Crippen MR) is 81.7 cm³/mol. The molecule has 0 saturated carbocycles. The first kappa shape index (κ1) is 11.8. The molecule has 0 atom stereocenters. The summed E-state index contributed by atoms with van der Waals surface area (Å²) in [6.07, 6.45) is 3.37. The number of para-hydroxylation sites is 1. The number of fused-ring (bicyclic) bond motifs is 2. The Balaban J connectivity index is 1.70. The summed E-state index contributed by atoms with van der Waals surface area (Å²) < 4.78 is 1.17. The molecular formula is C15H14N4S. The zero-order chi connectivity index (χ0) is 13.5. The number of benzene rings is 1. The molecule has 2 aromatic heterocycles. The van der Waals surface area contributed by atoms with Crippen LogP contribution in [0.4, 0.5) is 11.1 Å². The lowest BCUT2D eigenvalue weighted by Crippen LogP contribution is -2.03. The van der Waals surface area contributed by atoms with Crippen LogP contribution < -0.4 is 5.32 Å². The Morgan fingerprint density at radius 3 is 2.90 bits per heavy atom. The Bertz CT molecular complexity index is 761. The van der Waals surface area contributed by atoms with Gasteiger partial charge in [0.25, 0.3) is 0 Å². The van der Waals surface area contributed by atoms with Gasteiger partial charge in [0.1, 0.15) is 0 Å². The summed E-state index contributed by atoms with van der Waals surface area (Å²) in [5.74, 6) is 0.669. The molecule has 0 spiro atoms. The van der Waals surface area contributed by atoms with E-state index in [9.17, 15) is 0 Å². The second-order valence-electron chi connectivity index (χ2n) is 5.02. The molecule has 0 bridgehead atoms. The third kappa shape index (κ3) is 1.94. The number of aromatic nitrogens is 3. The van der Waals surface area contributed by atoms with Gasteiger partial charge in [0.2, 0.25) is 5.95 Å². The average molecular weight is 282 g/mol. The Labute approximate surface area is 120 Å². The van der Waals surface area contributed by atoms with Gasteiger partial charge in [-0.1, -0.05) is 23.5 Å². The molecule has 0 aliphatic heterocycles. The number of rotatable bonds is 2. The Morgan fingerprint density at radius 2 is 2.00 bits per heavy atom. The molecule has 0 amide bonds. The van der Waals surface area contributed by atoms with Crippen LogP contribution in [0.1, 0.15) is 23.4 Å². The topological polar surface area (TPSA) is 50.7 Å². The quantitative estimate of drug-likeness (QED) is 0.780. The lowest BCUT2D eigenvalue weighted by atomic mass is 10.2. The second kappa shape index (κ2) is 4.52. The van der Waals surface area contributed by atoms with Gasteiger partial charge in [-0.05, 0) is 43.9 Å². The van der Waals surface area contributed by atoms with E-state index in [1.54, 1.807) is 11.3 Å². The predicted octanol–water partition coefficient (Wildman–Crippen LogP) is 3.63. The van der Waals surface area contributed by atoms with Crippen molar-refractivity contribution < 1.29 is 0 Å². The summed E-state index contributed by atoms with van der Waals surface area (Å²) in [6.45, 7) is 2.06. The van der Waals surface area contributed by atoms with Gasteiger partial charge in [-0.2, -0.15) is 0 Å². The molecule has 100 valence electrons. The van der Waals surface area contributed by atoms with Crippen molar-refractivity contribution in [1.82, 2.24) is 15.0 Å². The maximum atomic E-state index is 4.62. The van der Waals surface area contributed by atoms with Crippen LogP contribution in [0.2, 0.25) is 0 Å². The molecule has 5 heteroatoms. The highest BCUT2D eigenvalue weighted by molar-refractivity contribution is 7.22. The van der Waals surface area contributed by atoms with Crippen molar-refractivity contribution in [2.24, 2.45) is 0 Å².